The number of hydrogen-bond donors (Lipinski definition) is 1. The first-order valence-corrected chi connectivity index (χ1v) is 6.17. The highest BCUT2D eigenvalue weighted by Gasteiger charge is 2.18. The predicted molar refractivity (Wildman–Crippen MR) is 70.8 cm³/mol. The van der Waals surface area contributed by atoms with E-state index in [1.54, 1.807) is 13.3 Å². The summed E-state index contributed by atoms with van der Waals surface area (Å²) in [6, 6.07) is -0.218. The molecule has 1 atom stereocenters. The van der Waals surface area contributed by atoms with Gasteiger partial charge in [0.05, 0.1) is 38.2 Å². The number of nitrogens with two attached hydrogens (primary N) is 1. The van der Waals surface area contributed by atoms with E-state index in [4.69, 9.17) is 15.2 Å². The second kappa shape index (κ2) is 7.35. The molecule has 2 N–H and O–H groups in total. The largest absolute Gasteiger partial charge is 0.493 e. The first kappa shape index (κ1) is 14.9. The van der Waals surface area contributed by atoms with Crippen LogP contribution in [-0.4, -0.2) is 55.6 Å². The van der Waals surface area contributed by atoms with Gasteiger partial charge in [-0.25, -0.2) is 0 Å². The minimum absolute atomic E-state index is 0.218. The summed E-state index contributed by atoms with van der Waals surface area (Å²) in [5.41, 5.74) is 7.03. The Morgan fingerprint density at radius 3 is 2.78 bits per heavy atom. The van der Waals surface area contributed by atoms with Gasteiger partial charge < -0.3 is 20.1 Å². The van der Waals surface area contributed by atoms with Crippen molar-refractivity contribution in [3.8, 4) is 5.75 Å². The molecule has 1 heterocycles. The highest BCUT2D eigenvalue weighted by Crippen LogP contribution is 2.23. The summed E-state index contributed by atoms with van der Waals surface area (Å²) in [6.45, 7) is 4.76. The lowest BCUT2D eigenvalue weighted by molar-refractivity contribution is 0.130. The lowest BCUT2D eigenvalue weighted by atomic mass is 10.2. The Hall–Kier alpha value is -1.11. The molecule has 6 heteroatoms. The van der Waals surface area contributed by atoms with Gasteiger partial charge in [-0.05, 0) is 21.0 Å². The number of hydrogen-bond acceptors (Lipinski definition) is 5. The Morgan fingerprint density at radius 2 is 2.22 bits per heavy atom. The van der Waals surface area contributed by atoms with Crippen LogP contribution < -0.4 is 10.5 Å². The summed E-state index contributed by atoms with van der Waals surface area (Å²) >= 11 is 0. The monoisotopic (exact) mass is 256 g/mol. The topological polar surface area (TPSA) is 65.5 Å². The molecule has 1 aromatic heterocycles. The third-order valence-electron chi connectivity index (χ3n) is 2.68. The Labute approximate surface area is 109 Å². The molecule has 18 heavy (non-hydrogen) atoms. The number of methoxy groups -OCH3 is 1. The van der Waals surface area contributed by atoms with Gasteiger partial charge in [-0.15, -0.1) is 0 Å². The van der Waals surface area contributed by atoms with Crippen LogP contribution >= 0.6 is 0 Å². The van der Waals surface area contributed by atoms with Crippen molar-refractivity contribution in [2.75, 3.05) is 41.0 Å². The molecule has 1 rings (SSSR count). The fourth-order valence-corrected chi connectivity index (χ4v) is 1.71. The van der Waals surface area contributed by atoms with Gasteiger partial charge in [0.15, 0.2) is 5.75 Å². The second-order valence-corrected chi connectivity index (χ2v) is 4.39. The molecular formula is C12H24N4O2. The maximum absolute atomic E-state index is 6.13. The summed E-state index contributed by atoms with van der Waals surface area (Å²) in [7, 11) is 5.69. The molecule has 0 radical (unpaired) electrons. The Morgan fingerprint density at radius 1 is 1.50 bits per heavy atom. The van der Waals surface area contributed by atoms with Crippen molar-refractivity contribution in [3.63, 3.8) is 0 Å². The summed E-state index contributed by atoms with van der Waals surface area (Å²) in [4.78, 5) is 2.10. The third kappa shape index (κ3) is 3.97. The van der Waals surface area contributed by atoms with Gasteiger partial charge in [0.1, 0.15) is 0 Å². The fourth-order valence-electron chi connectivity index (χ4n) is 1.71. The van der Waals surface area contributed by atoms with Gasteiger partial charge >= 0.3 is 0 Å². The van der Waals surface area contributed by atoms with Crippen LogP contribution in [0.25, 0.3) is 0 Å². The van der Waals surface area contributed by atoms with Crippen LogP contribution in [0.1, 0.15) is 18.7 Å². The van der Waals surface area contributed by atoms with Gasteiger partial charge in [0.2, 0.25) is 0 Å². The maximum Gasteiger partial charge on any atom is 0.161 e. The molecule has 0 aliphatic heterocycles. The van der Waals surface area contributed by atoms with Crippen molar-refractivity contribution in [2.45, 2.75) is 19.5 Å². The molecular weight excluding hydrogens is 232 g/mol. The molecule has 104 valence electrons. The smallest absolute Gasteiger partial charge is 0.161 e. The molecule has 0 spiro atoms. The second-order valence-electron chi connectivity index (χ2n) is 4.39. The molecule has 1 aromatic rings. The van der Waals surface area contributed by atoms with E-state index in [2.05, 4.69) is 10.00 Å². The average molecular weight is 256 g/mol. The van der Waals surface area contributed by atoms with Crippen molar-refractivity contribution >= 4 is 0 Å². The van der Waals surface area contributed by atoms with E-state index in [1.807, 2.05) is 25.7 Å². The number of nitrogens with zero attached hydrogens (tertiary/aromatic N) is 3. The van der Waals surface area contributed by atoms with Gasteiger partial charge in [-0.1, -0.05) is 0 Å². The van der Waals surface area contributed by atoms with Crippen LogP contribution in [-0.2, 0) is 11.3 Å². The average Bonchev–Trinajstić information content (AvgIpc) is 2.76. The van der Waals surface area contributed by atoms with Gasteiger partial charge in [0, 0.05) is 13.2 Å². The number of ether oxygens (including phenoxy) is 2. The van der Waals surface area contributed by atoms with E-state index >= 15 is 0 Å². The van der Waals surface area contributed by atoms with E-state index in [0.717, 1.165) is 24.5 Å². The summed E-state index contributed by atoms with van der Waals surface area (Å²) < 4.78 is 12.6. The molecule has 1 unspecified atom stereocenters. The number of likely N-dealkylation sites (N-methyl/N-ethyl adjacent to an activating group) is 1. The van der Waals surface area contributed by atoms with Crippen LogP contribution in [0.3, 0.4) is 0 Å². The summed E-state index contributed by atoms with van der Waals surface area (Å²) in [5, 5.41) is 4.32. The van der Waals surface area contributed by atoms with Crippen LogP contribution in [0.4, 0.5) is 0 Å². The Kier molecular flexibility index (Phi) is 6.11. The van der Waals surface area contributed by atoms with Crippen molar-refractivity contribution in [1.29, 1.82) is 0 Å². The first-order valence-electron chi connectivity index (χ1n) is 6.17. The van der Waals surface area contributed by atoms with Crippen molar-refractivity contribution in [2.24, 2.45) is 5.73 Å². The molecule has 0 fully saturated rings. The van der Waals surface area contributed by atoms with Crippen LogP contribution in [0, 0.1) is 0 Å². The van der Waals surface area contributed by atoms with Gasteiger partial charge in [0.25, 0.3) is 0 Å². The van der Waals surface area contributed by atoms with E-state index < -0.39 is 0 Å². The van der Waals surface area contributed by atoms with Gasteiger partial charge in [-0.2, -0.15) is 5.10 Å². The number of rotatable bonds is 8. The lowest BCUT2D eigenvalue weighted by Gasteiger charge is -2.17. The molecule has 6 nitrogen and oxygen atoms in total. The van der Waals surface area contributed by atoms with E-state index in [-0.39, 0.29) is 6.04 Å². The van der Waals surface area contributed by atoms with Crippen LogP contribution in [0.2, 0.25) is 0 Å². The SMILES string of the molecule is CCOCC(N)c1c(OC)cnn1CCN(C)C. The molecule has 0 saturated heterocycles. The minimum atomic E-state index is -0.218. The normalized spacial score (nSPS) is 13.0. The summed E-state index contributed by atoms with van der Waals surface area (Å²) in [5.74, 6) is 0.723. The zero-order valence-electron chi connectivity index (χ0n) is 11.7. The zero-order valence-corrected chi connectivity index (χ0v) is 11.7. The highest BCUT2D eigenvalue weighted by molar-refractivity contribution is 5.28. The van der Waals surface area contributed by atoms with E-state index in [0.29, 0.717) is 13.2 Å². The minimum Gasteiger partial charge on any atom is -0.493 e. The van der Waals surface area contributed by atoms with Crippen molar-refractivity contribution in [1.82, 2.24) is 14.7 Å². The molecule has 0 saturated carbocycles. The molecule has 0 bridgehead atoms. The number of aromatic nitrogens is 2. The van der Waals surface area contributed by atoms with Crippen molar-refractivity contribution in [3.05, 3.63) is 11.9 Å². The lowest BCUT2D eigenvalue weighted by Crippen LogP contribution is -2.25. The molecule has 0 aliphatic carbocycles. The van der Waals surface area contributed by atoms with Crippen LogP contribution in [0.5, 0.6) is 5.75 Å². The predicted octanol–water partition coefficient (Wildman–Crippen LogP) is 0.490. The van der Waals surface area contributed by atoms with Crippen LogP contribution in [0.15, 0.2) is 6.20 Å². The first-order chi connectivity index (χ1) is 8.60. The zero-order chi connectivity index (χ0) is 13.5. The van der Waals surface area contributed by atoms with Crippen molar-refractivity contribution < 1.29 is 9.47 Å². The fraction of sp³-hybridized carbons (Fsp3) is 0.750. The Bertz CT molecular complexity index is 352. The molecule has 0 aliphatic rings. The molecule has 0 aromatic carbocycles. The molecule has 0 amide bonds. The summed E-state index contributed by atoms with van der Waals surface area (Å²) in [6.07, 6.45) is 1.71. The van der Waals surface area contributed by atoms with E-state index in [1.165, 1.54) is 0 Å². The maximum atomic E-state index is 6.13. The van der Waals surface area contributed by atoms with E-state index in [9.17, 15) is 0 Å². The van der Waals surface area contributed by atoms with Gasteiger partial charge in [-0.3, -0.25) is 4.68 Å². The third-order valence-corrected chi connectivity index (χ3v) is 2.68. The standard InChI is InChI=1S/C12H24N4O2/c1-5-18-9-10(13)12-11(17-4)8-14-16(12)7-6-15(2)3/h8,10H,5-7,9,13H2,1-4H3. The Balaban J connectivity index is 2.80. The highest BCUT2D eigenvalue weighted by atomic mass is 16.5. The quantitative estimate of drug-likeness (QED) is 0.733.